The molecule has 0 spiro atoms. The molecule has 2 N–H and O–H groups in total. The van der Waals surface area contributed by atoms with E-state index in [9.17, 15) is 0 Å². The monoisotopic (exact) mass is 204 g/mol. The van der Waals surface area contributed by atoms with Crippen LogP contribution >= 0.6 is 0 Å². The van der Waals surface area contributed by atoms with Gasteiger partial charge < -0.3 is 10.6 Å². The molecule has 2 nitrogen and oxygen atoms in total. The maximum absolute atomic E-state index is 3.42. The number of rotatable bonds is 4. The molecule has 1 aliphatic heterocycles. The van der Waals surface area contributed by atoms with E-state index in [1.165, 1.54) is 17.5 Å². The van der Waals surface area contributed by atoms with Crippen LogP contribution in [0.25, 0.3) is 0 Å². The quantitative estimate of drug-likeness (QED) is 0.726. The zero-order valence-corrected chi connectivity index (χ0v) is 9.47. The van der Waals surface area contributed by atoms with E-state index in [2.05, 4.69) is 35.8 Å². The van der Waals surface area contributed by atoms with E-state index in [0.717, 1.165) is 32.6 Å². The van der Waals surface area contributed by atoms with E-state index in [4.69, 9.17) is 0 Å². The van der Waals surface area contributed by atoms with Gasteiger partial charge in [0.25, 0.3) is 0 Å². The second-order valence-electron chi connectivity index (χ2n) is 4.09. The molecule has 82 valence electrons. The summed E-state index contributed by atoms with van der Waals surface area (Å²) in [6.45, 7) is 6.50. The number of hydrogen-bond donors (Lipinski definition) is 2. The second kappa shape index (κ2) is 5.29. The van der Waals surface area contributed by atoms with Gasteiger partial charge in [-0.15, -0.1) is 0 Å². The minimum Gasteiger partial charge on any atom is -0.317 e. The van der Waals surface area contributed by atoms with E-state index < -0.39 is 0 Å². The Morgan fingerprint density at radius 1 is 1.40 bits per heavy atom. The zero-order chi connectivity index (χ0) is 10.5. The Bertz CT molecular complexity index is 320. The maximum atomic E-state index is 3.42. The van der Waals surface area contributed by atoms with Gasteiger partial charge in [0.15, 0.2) is 0 Å². The van der Waals surface area contributed by atoms with Gasteiger partial charge in [-0.25, -0.2) is 0 Å². The number of nitrogens with one attached hydrogen (secondary N) is 2. The van der Waals surface area contributed by atoms with Gasteiger partial charge in [0.1, 0.15) is 0 Å². The van der Waals surface area contributed by atoms with Crippen molar-refractivity contribution in [3.05, 3.63) is 34.9 Å². The topological polar surface area (TPSA) is 24.1 Å². The van der Waals surface area contributed by atoms with Crippen LogP contribution in [0.2, 0.25) is 0 Å². The molecule has 1 aromatic rings. The molecule has 1 heterocycles. The first-order valence-electron chi connectivity index (χ1n) is 5.93. The highest BCUT2D eigenvalue weighted by Gasteiger charge is 2.11. The van der Waals surface area contributed by atoms with Gasteiger partial charge >= 0.3 is 0 Å². The van der Waals surface area contributed by atoms with E-state index in [-0.39, 0.29) is 0 Å². The SMILES string of the molecule is CCNCCc1cccc2c1CCNC2. The van der Waals surface area contributed by atoms with Crippen LogP contribution < -0.4 is 10.6 Å². The summed E-state index contributed by atoms with van der Waals surface area (Å²) in [5, 5.41) is 6.81. The minimum atomic E-state index is 1.05. The lowest BCUT2D eigenvalue weighted by Gasteiger charge is -2.20. The van der Waals surface area contributed by atoms with Crippen LogP contribution in [0, 0.1) is 0 Å². The number of likely N-dealkylation sites (N-methyl/N-ethyl adjacent to an activating group) is 1. The molecule has 0 saturated carbocycles. The number of fused-ring (bicyclic) bond motifs is 1. The van der Waals surface area contributed by atoms with Crippen molar-refractivity contribution in [2.75, 3.05) is 19.6 Å². The van der Waals surface area contributed by atoms with Crippen molar-refractivity contribution >= 4 is 0 Å². The summed E-state index contributed by atoms with van der Waals surface area (Å²) in [6.07, 6.45) is 2.36. The third kappa shape index (κ3) is 2.58. The summed E-state index contributed by atoms with van der Waals surface area (Å²) >= 11 is 0. The minimum absolute atomic E-state index is 1.05. The largest absolute Gasteiger partial charge is 0.317 e. The van der Waals surface area contributed by atoms with Gasteiger partial charge in [0, 0.05) is 6.54 Å². The Labute approximate surface area is 92.1 Å². The molecule has 0 amide bonds. The molecule has 0 atom stereocenters. The standard InChI is InChI=1S/C13H20N2/c1-2-14-8-6-11-4-3-5-12-10-15-9-7-13(11)12/h3-5,14-15H,2,6-10H2,1H3. The van der Waals surface area contributed by atoms with E-state index in [1.54, 1.807) is 5.56 Å². The molecule has 0 fully saturated rings. The fourth-order valence-corrected chi connectivity index (χ4v) is 2.25. The fourth-order valence-electron chi connectivity index (χ4n) is 2.25. The molecule has 15 heavy (non-hydrogen) atoms. The normalized spacial score (nSPS) is 15.0. The van der Waals surface area contributed by atoms with Crippen molar-refractivity contribution in [1.82, 2.24) is 10.6 Å². The van der Waals surface area contributed by atoms with E-state index >= 15 is 0 Å². The average molecular weight is 204 g/mol. The van der Waals surface area contributed by atoms with Crippen LogP contribution in [0.15, 0.2) is 18.2 Å². The van der Waals surface area contributed by atoms with Crippen molar-refractivity contribution in [2.45, 2.75) is 26.3 Å². The lowest BCUT2D eigenvalue weighted by atomic mass is 9.94. The van der Waals surface area contributed by atoms with Crippen LogP contribution in [-0.2, 0) is 19.4 Å². The molecule has 1 aliphatic rings. The van der Waals surface area contributed by atoms with Crippen molar-refractivity contribution < 1.29 is 0 Å². The molecule has 0 aliphatic carbocycles. The predicted octanol–water partition coefficient (Wildman–Crippen LogP) is 1.48. The molecule has 1 aromatic carbocycles. The van der Waals surface area contributed by atoms with Gasteiger partial charge in [-0.3, -0.25) is 0 Å². The second-order valence-corrected chi connectivity index (χ2v) is 4.09. The van der Waals surface area contributed by atoms with Crippen molar-refractivity contribution in [1.29, 1.82) is 0 Å². The number of benzene rings is 1. The molecular formula is C13H20N2. The Morgan fingerprint density at radius 3 is 3.20 bits per heavy atom. The zero-order valence-electron chi connectivity index (χ0n) is 9.47. The fraction of sp³-hybridized carbons (Fsp3) is 0.538. The first-order chi connectivity index (χ1) is 7.42. The van der Waals surface area contributed by atoms with Crippen LogP contribution in [0.3, 0.4) is 0 Å². The molecule has 0 unspecified atom stereocenters. The van der Waals surface area contributed by atoms with Gasteiger partial charge in [0.2, 0.25) is 0 Å². The van der Waals surface area contributed by atoms with Crippen molar-refractivity contribution in [3.63, 3.8) is 0 Å². The summed E-state index contributed by atoms with van der Waals surface area (Å²) in [6, 6.07) is 6.72. The third-order valence-electron chi connectivity index (χ3n) is 3.06. The van der Waals surface area contributed by atoms with Gasteiger partial charge in [-0.05, 0) is 49.2 Å². The summed E-state index contributed by atoms with van der Waals surface area (Å²) in [5.74, 6) is 0. The Balaban J connectivity index is 2.09. The number of hydrogen-bond acceptors (Lipinski definition) is 2. The van der Waals surface area contributed by atoms with Crippen LogP contribution in [-0.4, -0.2) is 19.6 Å². The summed E-state index contributed by atoms with van der Waals surface area (Å²) in [7, 11) is 0. The lowest BCUT2D eigenvalue weighted by molar-refractivity contribution is 0.634. The first-order valence-corrected chi connectivity index (χ1v) is 5.93. The molecular weight excluding hydrogens is 184 g/mol. The highest BCUT2D eigenvalue weighted by Crippen LogP contribution is 2.18. The van der Waals surface area contributed by atoms with Crippen LogP contribution in [0.4, 0.5) is 0 Å². The van der Waals surface area contributed by atoms with Crippen LogP contribution in [0.5, 0.6) is 0 Å². The van der Waals surface area contributed by atoms with Gasteiger partial charge in [-0.1, -0.05) is 25.1 Å². The van der Waals surface area contributed by atoms with Gasteiger partial charge in [-0.2, -0.15) is 0 Å². The average Bonchev–Trinajstić information content (AvgIpc) is 2.30. The Morgan fingerprint density at radius 2 is 2.33 bits per heavy atom. The summed E-state index contributed by atoms with van der Waals surface area (Å²) in [4.78, 5) is 0. The smallest absolute Gasteiger partial charge is 0.0208 e. The van der Waals surface area contributed by atoms with Crippen molar-refractivity contribution in [2.24, 2.45) is 0 Å². The molecule has 0 radical (unpaired) electrons. The molecule has 0 saturated heterocycles. The predicted molar refractivity (Wildman–Crippen MR) is 64.1 cm³/mol. The van der Waals surface area contributed by atoms with E-state index in [0.29, 0.717) is 0 Å². The molecule has 0 bridgehead atoms. The van der Waals surface area contributed by atoms with Crippen molar-refractivity contribution in [3.8, 4) is 0 Å². The molecule has 2 heteroatoms. The lowest BCUT2D eigenvalue weighted by Crippen LogP contribution is -2.25. The van der Waals surface area contributed by atoms with E-state index in [1.807, 2.05) is 0 Å². The third-order valence-corrected chi connectivity index (χ3v) is 3.06. The summed E-state index contributed by atoms with van der Waals surface area (Å²) < 4.78 is 0. The first kappa shape index (κ1) is 10.7. The Kier molecular flexibility index (Phi) is 3.75. The highest BCUT2D eigenvalue weighted by molar-refractivity contribution is 5.37. The molecule has 0 aromatic heterocycles. The molecule has 2 rings (SSSR count). The van der Waals surface area contributed by atoms with Crippen LogP contribution in [0.1, 0.15) is 23.6 Å². The Hall–Kier alpha value is -0.860. The summed E-state index contributed by atoms with van der Waals surface area (Å²) in [5.41, 5.74) is 4.62. The highest BCUT2D eigenvalue weighted by atomic mass is 14.9. The van der Waals surface area contributed by atoms with Gasteiger partial charge in [0.05, 0.1) is 0 Å². The maximum Gasteiger partial charge on any atom is 0.0208 e.